The first-order valence-electron chi connectivity index (χ1n) is 8.25. The number of carbonyl (C=O) groups is 1. The van der Waals surface area contributed by atoms with Crippen LogP contribution in [-0.4, -0.2) is 37.8 Å². The third kappa shape index (κ3) is 4.23. The van der Waals surface area contributed by atoms with Gasteiger partial charge in [0.05, 0.1) is 23.9 Å². The van der Waals surface area contributed by atoms with Crippen molar-refractivity contribution in [1.29, 1.82) is 5.26 Å². The summed E-state index contributed by atoms with van der Waals surface area (Å²) < 4.78 is 15.7. The van der Waals surface area contributed by atoms with Crippen molar-refractivity contribution in [1.82, 2.24) is 19.6 Å². The van der Waals surface area contributed by atoms with Gasteiger partial charge in [0.1, 0.15) is 5.82 Å². The van der Waals surface area contributed by atoms with Crippen molar-refractivity contribution in [3.8, 4) is 6.07 Å². The fraction of sp³-hybridized carbons (Fsp3) is 0.278. The molecule has 1 aromatic carbocycles. The molecule has 7 nitrogen and oxygen atoms in total. The van der Waals surface area contributed by atoms with Crippen LogP contribution in [0.5, 0.6) is 0 Å². The molecular formula is C18H17FN6OS. The van der Waals surface area contributed by atoms with Gasteiger partial charge in [-0.1, -0.05) is 23.9 Å². The molecule has 3 aromatic rings. The summed E-state index contributed by atoms with van der Waals surface area (Å²) in [6.07, 6.45) is 0.111. The van der Waals surface area contributed by atoms with Gasteiger partial charge >= 0.3 is 0 Å². The maximum Gasteiger partial charge on any atom is 0.253 e. The van der Waals surface area contributed by atoms with E-state index in [4.69, 9.17) is 5.26 Å². The van der Waals surface area contributed by atoms with Gasteiger partial charge < -0.3 is 4.90 Å². The molecule has 0 aliphatic carbocycles. The lowest BCUT2D eigenvalue weighted by molar-refractivity contribution is -0.116. The number of nitrogens with zero attached hydrogens (tertiary/aromatic N) is 6. The first kappa shape index (κ1) is 18.8. The van der Waals surface area contributed by atoms with E-state index < -0.39 is 5.82 Å². The van der Waals surface area contributed by atoms with E-state index in [2.05, 4.69) is 15.1 Å². The number of fused-ring (bicyclic) bond motifs is 1. The molecule has 3 rings (SSSR count). The van der Waals surface area contributed by atoms with Crippen molar-refractivity contribution in [2.75, 3.05) is 17.2 Å². The van der Waals surface area contributed by atoms with Crippen molar-refractivity contribution in [2.24, 2.45) is 0 Å². The Morgan fingerprint density at radius 1 is 1.33 bits per heavy atom. The maximum atomic E-state index is 14.1. The monoisotopic (exact) mass is 384 g/mol. The zero-order chi connectivity index (χ0) is 19.4. The highest BCUT2D eigenvalue weighted by molar-refractivity contribution is 7.99. The van der Waals surface area contributed by atoms with E-state index in [1.807, 2.05) is 26.0 Å². The van der Waals surface area contributed by atoms with E-state index in [0.29, 0.717) is 10.9 Å². The Hall–Kier alpha value is -2.99. The molecule has 2 aromatic heterocycles. The zero-order valence-corrected chi connectivity index (χ0v) is 15.7. The SMILES string of the molecule is Cc1cc(C)n2nc(SCC(=O)N(CCC#N)c3ccccc3F)nc2n1. The molecule has 0 bridgehead atoms. The Kier molecular flexibility index (Phi) is 5.66. The molecule has 9 heteroatoms. The number of benzene rings is 1. The Morgan fingerprint density at radius 3 is 2.85 bits per heavy atom. The van der Waals surface area contributed by atoms with Crippen LogP contribution < -0.4 is 4.90 Å². The molecule has 0 unspecified atom stereocenters. The normalized spacial score (nSPS) is 10.7. The molecule has 138 valence electrons. The van der Waals surface area contributed by atoms with E-state index in [1.165, 1.54) is 17.0 Å². The number of amides is 1. The molecule has 0 atom stereocenters. The summed E-state index contributed by atoms with van der Waals surface area (Å²) in [4.78, 5) is 22.6. The van der Waals surface area contributed by atoms with Crippen LogP contribution in [0.15, 0.2) is 35.5 Å². The summed E-state index contributed by atoms with van der Waals surface area (Å²) in [5, 5.41) is 13.6. The van der Waals surface area contributed by atoms with E-state index in [-0.39, 0.29) is 30.3 Å². The molecule has 27 heavy (non-hydrogen) atoms. The van der Waals surface area contributed by atoms with Gasteiger partial charge in [-0.2, -0.15) is 10.2 Å². The third-order valence-electron chi connectivity index (χ3n) is 3.82. The molecule has 0 saturated heterocycles. The minimum atomic E-state index is -0.505. The molecule has 0 fully saturated rings. The van der Waals surface area contributed by atoms with Gasteiger partial charge in [-0.25, -0.2) is 13.9 Å². The van der Waals surface area contributed by atoms with Crippen LogP contribution in [0.4, 0.5) is 10.1 Å². The number of aryl methyl sites for hydroxylation is 2. The van der Waals surface area contributed by atoms with Crippen LogP contribution >= 0.6 is 11.8 Å². The van der Waals surface area contributed by atoms with Crippen LogP contribution in [-0.2, 0) is 4.79 Å². The molecule has 0 spiro atoms. The number of anilines is 1. The quantitative estimate of drug-likeness (QED) is 0.607. The van der Waals surface area contributed by atoms with Crippen molar-refractivity contribution < 1.29 is 9.18 Å². The topological polar surface area (TPSA) is 87.2 Å². The summed E-state index contributed by atoms with van der Waals surface area (Å²) in [5.74, 6) is -0.331. The van der Waals surface area contributed by atoms with Crippen molar-refractivity contribution >= 4 is 29.1 Å². The Morgan fingerprint density at radius 2 is 2.11 bits per heavy atom. The number of hydrogen-bond donors (Lipinski definition) is 0. The second-order valence-electron chi connectivity index (χ2n) is 5.84. The fourth-order valence-electron chi connectivity index (χ4n) is 2.63. The van der Waals surface area contributed by atoms with Gasteiger partial charge in [0.25, 0.3) is 5.78 Å². The van der Waals surface area contributed by atoms with Crippen LogP contribution in [0.25, 0.3) is 5.78 Å². The highest BCUT2D eigenvalue weighted by Crippen LogP contribution is 2.22. The minimum Gasteiger partial charge on any atom is -0.308 e. The largest absolute Gasteiger partial charge is 0.308 e. The first-order chi connectivity index (χ1) is 13.0. The van der Waals surface area contributed by atoms with Gasteiger partial charge in [0.15, 0.2) is 0 Å². The lowest BCUT2D eigenvalue weighted by Gasteiger charge is -2.21. The van der Waals surface area contributed by atoms with Gasteiger partial charge in [-0.05, 0) is 32.0 Å². The molecular weight excluding hydrogens is 367 g/mol. The van der Waals surface area contributed by atoms with Crippen molar-refractivity contribution in [3.05, 3.63) is 47.5 Å². The number of rotatable bonds is 6. The fourth-order valence-corrected chi connectivity index (χ4v) is 3.32. The summed E-state index contributed by atoms with van der Waals surface area (Å²) in [6, 6.07) is 9.89. The summed E-state index contributed by atoms with van der Waals surface area (Å²) in [6.45, 7) is 3.90. The number of carbonyl (C=O) groups excluding carboxylic acids is 1. The molecule has 1 amide bonds. The lowest BCUT2D eigenvalue weighted by Crippen LogP contribution is -2.34. The number of nitriles is 1. The zero-order valence-electron chi connectivity index (χ0n) is 14.9. The Bertz CT molecular complexity index is 1030. The van der Waals surface area contributed by atoms with Crippen LogP contribution in [0.2, 0.25) is 0 Å². The molecule has 0 radical (unpaired) electrons. The molecule has 0 aliphatic heterocycles. The summed E-state index contributed by atoms with van der Waals surface area (Å²) in [5.41, 5.74) is 1.89. The number of aromatic nitrogens is 4. The Labute approximate surface area is 159 Å². The predicted molar refractivity (Wildman–Crippen MR) is 100.0 cm³/mol. The number of para-hydroxylation sites is 1. The predicted octanol–water partition coefficient (Wildman–Crippen LogP) is 2.92. The second-order valence-corrected chi connectivity index (χ2v) is 6.78. The van der Waals surface area contributed by atoms with E-state index in [1.54, 1.807) is 16.6 Å². The highest BCUT2D eigenvalue weighted by Gasteiger charge is 2.20. The van der Waals surface area contributed by atoms with E-state index in [9.17, 15) is 9.18 Å². The summed E-state index contributed by atoms with van der Waals surface area (Å²) in [7, 11) is 0. The number of halogens is 1. The number of thioether (sulfide) groups is 1. The second kappa shape index (κ2) is 8.14. The standard InChI is InChI=1S/C18H17FN6OS/c1-12-10-13(2)25-17(21-12)22-18(23-25)27-11-16(26)24(9-5-8-20)15-7-4-3-6-14(15)19/h3-4,6-7,10H,5,9,11H2,1-2H3. The average molecular weight is 384 g/mol. The molecule has 0 N–H and O–H groups in total. The molecule has 0 saturated carbocycles. The average Bonchev–Trinajstić information content (AvgIpc) is 3.05. The van der Waals surface area contributed by atoms with Crippen LogP contribution in [0.3, 0.4) is 0 Å². The third-order valence-corrected chi connectivity index (χ3v) is 4.64. The Balaban J connectivity index is 1.77. The van der Waals surface area contributed by atoms with Crippen molar-refractivity contribution in [3.63, 3.8) is 0 Å². The van der Waals surface area contributed by atoms with Gasteiger partial charge in [0.2, 0.25) is 11.1 Å². The lowest BCUT2D eigenvalue weighted by atomic mass is 10.2. The van der Waals surface area contributed by atoms with E-state index >= 15 is 0 Å². The van der Waals surface area contributed by atoms with Crippen LogP contribution in [0, 0.1) is 31.0 Å². The molecule has 2 heterocycles. The molecule has 0 aliphatic rings. The van der Waals surface area contributed by atoms with Gasteiger partial charge in [0, 0.05) is 17.9 Å². The maximum absolute atomic E-state index is 14.1. The minimum absolute atomic E-state index is 0.0225. The van der Waals surface area contributed by atoms with E-state index in [0.717, 1.165) is 23.1 Å². The van der Waals surface area contributed by atoms with Gasteiger partial charge in [-0.3, -0.25) is 4.79 Å². The highest BCUT2D eigenvalue weighted by atomic mass is 32.2. The summed E-state index contributed by atoms with van der Waals surface area (Å²) >= 11 is 1.15. The van der Waals surface area contributed by atoms with Crippen LogP contribution in [0.1, 0.15) is 17.8 Å². The smallest absolute Gasteiger partial charge is 0.253 e. The first-order valence-corrected chi connectivity index (χ1v) is 9.24. The van der Waals surface area contributed by atoms with Crippen molar-refractivity contribution in [2.45, 2.75) is 25.4 Å². The number of hydrogen-bond acceptors (Lipinski definition) is 6. The van der Waals surface area contributed by atoms with Gasteiger partial charge in [-0.15, -0.1) is 5.10 Å².